The molecule has 1 N–H and O–H groups in total. The van der Waals surface area contributed by atoms with Crippen molar-refractivity contribution >= 4 is 21.4 Å². The fourth-order valence-corrected chi connectivity index (χ4v) is 4.54. The molecule has 0 saturated carbocycles. The highest BCUT2D eigenvalue weighted by Crippen LogP contribution is 2.26. The lowest BCUT2D eigenvalue weighted by Gasteiger charge is -2.13. The van der Waals surface area contributed by atoms with Gasteiger partial charge in [-0.1, -0.05) is 0 Å². The maximum atomic E-state index is 12.0. The van der Waals surface area contributed by atoms with Crippen LogP contribution in [0.2, 0.25) is 0 Å². The Bertz CT molecular complexity index is 452. The minimum atomic E-state index is -3.36. The van der Waals surface area contributed by atoms with E-state index in [-0.39, 0.29) is 6.54 Å². The van der Waals surface area contributed by atoms with E-state index in [0.717, 1.165) is 4.88 Å². The molecule has 1 aliphatic rings. The van der Waals surface area contributed by atoms with Crippen LogP contribution in [0.15, 0.2) is 16.3 Å². The first kappa shape index (κ1) is 11.1. The van der Waals surface area contributed by atoms with Crippen molar-refractivity contribution in [2.45, 2.75) is 23.7 Å². The Hall–Kier alpha value is -0.430. The summed E-state index contributed by atoms with van der Waals surface area (Å²) in [5.41, 5.74) is 0. The number of β-amino-alcohol motifs (C(OH)–C–C–N with tert-alkyl or cyclic N) is 1. The van der Waals surface area contributed by atoms with Crippen LogP contribution in [0.25, 0.3) is 0 Å². The number of nitrogens with zero attached hydrogens (tertiary/aromatic N) is 1. The Balaban J connectivity index is 2.27. The van der Waals surface area contributed by atoms with E-state index in [1.165, 1.54) is 15.6 Å². The molecule has 1 fully saturated rings. The zero-order chi connectivity index (χ0) is 11.1. The molecule has 2 heterocycles. The van der Waals surface area contributed by atoms with E-state index in [9.17, 15) is 13.5 Å². The van der Waals surface area contributed by atoms with Gasteiger partial charge in [0.05, 0.1) is 6.10 Å². The van der Waals surface area contributed by atoms with Crippen LogP contribution in [0.4, 0.5) is 0 Å². The summed E-state index contributed by atoms with van der Waals surface area (Å²) in [4.78, 5) is 0.980. The molecule has 0 aromatic carbocycles. The molecule has 0 radical (unpaired) electrons. The predicted molar refractivity (Wildman–Crippen MR) is 58.4 cm³/mol. The molecule has 0 spiro atoms. The van der Waals surface area contributed by atoms with Crippen LogP contribution in [0.3, 0.4) is 0 Å². The number of hydrogen-bond donors (Lipinski definition) is 1. The first-order chi connectivity index (χ1) is 7.00. The van der Waals surface area contributed by atoms with Crippen molar-refractivity contribution in [3.63, 3.8) is 0 Å². The lowest BCUT2D eigenvalue weighted by Crippen LogP contribution is -2.29. The lowest BCUT2D eigenvalue weighted by atomic mass is 10.3. The fourth-order valence-electron chi connectivity index (χ4n) is 1.61. The van der Waals surface area contributed by atoms with Crippen LogP contribution in [0, 0.1) is 6.92 Å². The Morgan fingerprint density at radius 2 is 2.27 bits per heavy atom. The molecular formula is C9H13NO3S2. The zero-order valence-electron chi connectivity index (χ0n) is 8.38. The van der Waals surface area contributed by atoms with E-state index in [0.29, 0.717) is 17.2 Å². The molecule has 84 valence electrons. The normalized spacial score (nSPS) is 23.5. The van der Waals surface area contributed by atoms with Crippen molar-refractivity contribution in [1.82, 2.24) is 4.31 Å². The van der Waals surface area contributed by atoms with Gasteiger partial charge >= 0.3 is 0 Å². The minimum absolute atomic E-state index is 0.222. The molecule has 1 unspecified atom stereocenters. The van der Waals surface area contributed by atoms with Crippen molar-refractivity contribution in [3.8, 4) is 0 Å². The third kappa shape index (κ3) is 2.08. The van der Waals surface area contributed by atoms with Gasteiger partial charge in [0, 0.05) is 18.0 Å². The van der Waals surface area contributed by atoms with Gasteiger partial charge in [-0.05, 0) is 25.5 Å². The summed E-state index contributed by atoms with van der Waals surface area (Å²) in [6.45, 7) is 2.52. The second-order valence-electron chi connectivity index (χ2n) is 3.67. The Morgan fingerprint density at radius 1 is 1.53 bits per heavy atom. The van der Waals surface area contributed by atoms with Crippen LogP contribution in [0.1, 0.15) is 11.3 Å². The number of sulfonamides is 1. The van der Waals surface area contributed by atoms with E-state index < -0.39 is 16.1 Å². The number of aliphatic hydroxyl groups is 1. The van der Waals surface area contributed by atoms with Crippen LogP contribution >= 0.6 is 11.3 Å². The maximum absolute atomic E-state index is 12.0. The van der Waals surface area contributed by atoms with E-state index in [1.54, 1.807) is 12.1 Å². The number of aryl methyl sites for hydroxylation is 1. The highest BCUT2D eigenvalue weighted by atomic mass is 32.2. The SMILES string of the molecule is Cc1ccc(S(=O)(=O)N2CCC(O)C2)s1. The monoisotopic (exact) mass is 247 g/mol. The molecule has 0 amide bonds. The molecular weight excluding hydrogens is 234 g/mol. The smallest absolute Gasteiger partial charge is 0.252 e. The van der Waals surface area contributed by atoms with Crippen LogP contribution in [-0.4, -0.2) is 37.0 Å². The second-order valence-corrected chi connectivity index (χ2v) is 7.12. The summed E-state index contributed by atoms with van der Waals surface area (Å²) in [6, 6.07) is 3.42. The molecule has 4 nitrogen and oxygen atoms in total. The standard InChI is InChI=1S/C9H13NO3S2/c1-7-2-3-9(14-7)15(12,13)10-5-4-8(11)6-10/h2-3,8,11H,4-6H2,1H3. The molecule has 1 atom stereocenters. The Labute approximate surface area is 93.2 Å². The van der Waals surface area contributed by atoms with Gasteiger partial charge in [-0.2, -0.15) is 4.31 Å². The highest BCUT2D eigenvalue weighted by molar-refractivity contribution is 7.91. The largest absolute Gasteiger partial charge is 0.392 e. The van der Waals surface area contributed by atoms with Crippen LogP contribution < -0.4 is 0 Å². The van der Waals surface area contributed by atoms with Crippen LogP contribution in [0.5, 0.6) is 0 Å². The van der Waals surface area contributed by atoms with Crippen LogP contribution in [-0.2, 0) is 10.0 Å². The lowest BCUT2D eigenvalue weighted by molar-refractivity contribution is 0.189. The third-order valence-corrected chi connectivity index (χ3v) is 5.77. The topological polar surface area (TPSA) is 57.6 Å². The Kier molecular flexibility index (Phi) is 2.85. The van der Waals surface area contributed by atoms with Gasteiger partial charge in [0.15, 0.2) is 0 Å². The zero-order valence-corrected chi connectivity index (χ0v) is 10.0. The molecule has 2 rings (SSSR count). The van der Waals surface area contributed by atoms with E-state index in [4.69, 9.17) is 0 Å². The number of thiophene rings is 1. The summed E-state index contributed by atoms with van der Waals surface area (Å²) in [5.74, 6) is 0. The summed E-state index contributed by atoms with van der Waals surface area (Å²) in [5, 5.41) is 9.31. The van der Waals surface area contributed by atoms with Gasteiger partial charge in [0.1, 0.15) is 4.21 Å². The van der Waals surface area contributed by atoms with Gasteiger partial charge in [-0.3, -0.25) is 0 Å². The van der Waals surface area contributed by atoms with E-state index in [1.807, 2.05) is 6.92 Å². The molecule has 1 aromatic rings. The van der Waals surface area contributed by atoms with Crippen molar-refractivity contribution < 1.29 is 13.5 Å². The molecule has 6 heteroatoms. The van der Waals surface area contributed by atoms with Gasteiger partial charge in [-0.15, -0.1) is 11.3 Å². The number of rotatable bonds is 2. The maximum Gasteiger partial charge on any atom is 0.252 e. The molecule has 1 saturated heterocycles. The summed E-state index contributed by atoms with van der Waals surface area (Å²) < 4.78 is 25.8. The predicted octanol–water partition coefficient (Wildman–Crippen LogP) is 0.812. The summed E-state index contributed by atoms with van der Waals surface area (Å²) in [6.07, 6.45) is 0.0182. The third-order valence-electron chi connectivity index (χ3n) is 2.44. The van der Waals surface area contributed by atoms with Crippen molar-refractivity contribution in [2.24, 2.45) is 0 Å². The summed E-state index contributed by atoms with van der Waals surface area (Å²) in [7, 11) is -3.36. The van der Waals surface area contributed by atoms with Gasteiger partial charge < -0.3 is 5.11 Å². The first-order valence-electron chi connectivity index (χ1n) is 4.75. The molecule has 0 bridgehead atoms. The highest BCUT2D eigenvalue weighted by Gasteiger charge is 2.32. The Morgan fingerprint density at radius 3 is 2.73 bits per heavy atom. The van der Waals surface area contributed by atoms with Crippen molar-refractivity contribution in [2.75, 3.05) is 13.1 Å². The molecule has 1 aliphatic heterocycles. The van der Waals surface area contributed by atoms with Crippen molar-refractivity contribution in [3.05, 3.63) is 17.0 Å². The average Bonchev–Trinajstić information content (AvgIpc) is 2.74. The van der Waals surface area contributed by atoms with Gasteiger partial charge in [0.25, 0.3) is 10.0 Å². The average molecular weight is 247 g/mol. The first-order valence-corrected chi connectivity index (χ1v) is 7.00. The quantitative estimate of drug-likeness (QED) is 0.841. The van der Waals surface area contributed by atoms with Crippen molar-refractivity contribution in [1.29, 1.82) is 0 Å². The number of hydrogen-bond acceptors (Lipinski definition) is 4. The van der Waals surface area contributed by atoms with Gasteiger partial charge in [0.2, 0.25) is 0 Å². The second kappa shape index (κ2) is 3.86. The fraction of sp³-hybridized carbons (Fsp3) is 0.556. The van der Waals surface area contributed by atoms with E-state index in [2.05, 4.69) is 0 Å². The number of aliphatic hydroxyl groups excluding tert-OH is 1. The molecule has 15 heavy (non-hydrogen) atoms. The molecule has 0 aliphatic carbocycles. The van der Waals surface area contributed by atoms with Gasteiger partial charge in [-0.25, -0.2) is 8.42 Å². The van der Waals surface area contributed by atoms with E-state index >= 15 is 0 Å². The minimum Gasteiger partial charge on any atom is -0.392 e. The summed E-state index contributed by atoms with van der Waals surface area (Å²) >= 11 is 1.27. The molecule has 1 aromatic heterocycles.